The van der Waals surface area contributed by atoms with Gasteiger partial charge in [-0.3, -0.25) is 0 Å². The Morgan fingerprint density at radius 2 is 1.95 bits per heavy atom. The Bertz CT molecular complexity index is 400. The molecule has 1 heterocycles. The Labute approximate surface area is 129 Å². The van der Waals surface area contributed by atoms with Gasteiger partial charge in [-0.1, -0.05) is 31.5 Å². The zero-order chi connectivity index (χ0) is 14.9. The molecule has 3 heteroatoms. The standard InChI is InChI=1S/C18H30N2O/c1-2-3-15-21-18-8-5-4-7-17(18)16-9-13-20(14-10-16)12-6-11-19/h4-5,7-8,16H,2-3,6,9-15,19H2,1H3. The zero-order valence-electron chi connectivity index (χ0n) is 13.4. The van der Waals surface area contributed by atoms with Crippen LogP contribution in [0, 0.1) is 0 Å². The summed E-state index contributed by atoms with van der Waals surface area (Å²) in [6.07, 6.45) is 5.90. The topological polar surface area (TPSA) is 38.5 Å². The maximum atomic E-state index is 5.99. The van der Waals surface area contributed by atoms with Gasteiger partial charge in [-0.2, -0.15) is 0 Å². The summed E-state index contributed by atoms with van der Waals surface area (Å²) in [5.74, 6) is 1.75. The Morgan fingerprint density at radius 3 is 2.67 bits per heavy atom. The van der Waals surface area contributed by atoms with Gasteiger partial charge in [0.05, 0.1) is 6.61 Å². The number of nitrogens with zero attached hydrogens (tertiary/aromatic N) is 1. The first-order valence-electron chi connectivity index (χ1n) is 8.49. The van der Waals surface area contributed by atoms with E-state index >= 15 is 0 Å². The summed E-state index contributed by atoms with van der Waals surface area (Å²) >= 11 is 0. The minimum absolute atomic E-state index is 0.650. The maximum absolute atomic E-state index is 5.99. The van der Waals surface area contributed by atoms with Gasteiger partial charge in [0.25, 0.3) is 0 Å². The van der Waals surface area contributed by atoms with Crippen LogP contribution in [0.25, 0.3) is 0 Å². The Balaban J connectivity index is 1.90. The van der Waals surface area contributed by atoms with Crippen molar-refractivity contribution in [1.29, 1.82) is 0 Å². The predicted octanol–water partition coefficient (Wildman–Crippen LogP) is 3.39. The Hall–Kier alpha value is -1.06. The van der Waals surface area contributed by atoms with Crippen LogP contribution in [0.15, 0.2) is 24.3 Å². The number of ether oxygens (including phenoxy) is 1. The second kappa shape index (κ2) is 9.06. The lowest BCUT2D eigenvalue weighted by Gasteiger charge is -2.32. The van der Waals surface area contributed by atoms with Crippen molar-refractivity contribution < 1.29 is 4.74 Å². The van der Waals surface area contributed by atoms with Gasteiger partial charge in [-0.15, -0.1) is 0 Å². The molecule has 0 aromatic heterocycles. The summed E-state index contributed by atoms with van der Waals surface area (Å²) in [6, 6.07) is 8.61. The molecule has 21 heavy (non-hydrogen) atoms. The summed E-state index contributed by atoms with van der Waals surface area (Å²) in [6.45, 7) is 7.36. The SMILES string of the molecule is CCCCOc1ccccc1C1CCN(CCCN)CC1. The largest absolute Gasteiger partial charge is 0.493 e. The number of piperidine rings is 1. The molecule has 0 atom stereocenters. The highest BCUT2D eigenvalue weighted by atomic mass is 16.5. The molecule has 0 spiro atoms. The van der Waals surface area contributed by atoms with E-state index in [0.717, 1.165) is 38.3 Å². The molecule has 1 aromatic carbocycles. The van der Waals surface area contributed by atoms with E-state index in [1.807, 2.05) is 0 Å². The minimum Gasteiger partial charge on any atom is -0.493 e. The molecular weight excluding hydrogens is 260 g/mol. The van der Waals surface area contributed by atoms with E-state index in [4.69, 9.17) is 10.5 Å². The molecule has 118 valence electrons. The van der Waals surface area contributed by atoms with Crippen molar-refractivity contribution in [1.82, 2.24) is 4.90 Å². The number of benzene rings is 1. The van der Waals surface area contributed by atoms with Crippen molar-refractivity contribution in [2.75, 3.05) is 32.8 Å². The molecule has 2 rings (SSSR count). The molecule has 1 aliphatic heterocycles. The van der Waals surface area contributed by atoms with Crippen LogP contribution in [0.5, 0.6) is 5.75 Å². The fourth-order valence-corrected chi connectivity index (χ4v) is 3.06. The van der Waals surface area contributed by atoms with E-state index in [1.165, 1.54) is 37.9 Å². The summed E-state index contributed by atoms with van der Waals surface area (Å²) in [4.78, 5) is 2.55. The van der Waals surface area contributed by atoms with Gasteiger partial charge >= 0.3 is 0 Å². The monoisotopic (exact) mass is 290 g/mol. The highest BCUT2D eigenvalue weighted by Crippen LogP contribution is 2.34. The number of likely N-dealkylation sites (tertiary alicyclic amines) is 1. The third-order valence-corrected chi connectivity index (χ3v) is 4.38. The lowest BCUT2D eigenvalue weighted by molar-refractivity contribution is 0.208. The first-order valence-corrected chi connectivity index (χ1v) is 8.49. The summed E-state index contributed by atoms with van der Waals surface area (Å²) < 4.78 is 5.99. The first kappa shape index (κ1) is 16.3. The molecular formula is C18H30N2O. The molecule has 1 aliphatic rings. The van der Waals surface area contributed by atoms with Gasteiger partial charge in [-0.25, -0.2) is 0 Å². The average molecular weight is 290 g/mol. The highest BCUT2D eigenvalue weighted by Gasteiger charge is 2.22. The molecule has 1 fully saturated rings. The number of nitrogens with two attached hydrogens (primary N) is 1. The smallest absolute Gasteiger partial charge is 0.122 e. The van der Waals surface area contributed by atoms with Gasteiger partial charge in [0, 0.05) is 0 Å². The fourth-order valence-electron chi connectivity index (χ4n) is 3.06. The van der Waals surface area contributed by atoms with Crippen LogP contribution in [0.3, 0.4) is 0 Å². The number of para-hydroxylation sites is 1. The van der Waals surface area contributed by atoms with Crippen LogP contribution in [0.2, 0.25) is 0 Å². The third kappa shape index (κ3) is 5.01. The quantitative estimate of drug-likeness (QED) is 0.746. The Morgan fingerprint density at radius 1 is 1.19 bits per heavy atom. The summed E-state index contributed by atoms with van der Waals surface area (Å²) in [5.41, 5.74) is 7.01. The van der Waals surface area contributed by atoms with E-state index in [-0.39, 0.29) is 0 Å². The number of hydrogen-bond acceptors (Lipinski definition) is 3. The van der Waals surface area contributed by atoms with Gasteiger partial charge < -0.3 is 15.4 Å². The first-order chi connectivity index (χ1) is 10.3. The van der Waals surface area contributed by atoms with Crippen molar-refractivity contribution in [2.45, 2.75) is 44.9 Å². The molecule has 2 N–H and O–H groups in total. The Kier molecular flexibility index (Phi) is 7.04. The molecule has 0 bridgehead atoms. The van der Waals surface area contributed by atoms with Gasteiger partial charge in [0.2, 0.25) is 0 Å². The summed E-state index contributed by atoms with van der Waals surface area (Å²) in [7, 11) is 0. The van der Waals surface area contributed by atoms with E-state index in [2.05, 4.69) is 36.1 Å². The van der Waals surface area contributed by atoms with Crippen LogP contribution in [0.1, 0.15) is 50.5 Å². The van der Waals surface area contributed by atoms with E-state index in [9.17, 15) is 0 Å². The molecule has 0 amide bonds. The number of unbranched alkanes of at least 4 members (excludes halogenated alkanes) is 1. The van der Waals surface area contributed by atoms with Gasteiger partial charge in [-0.05, 0) is 69.4 Å². The molecule has 1 saturated heterocycles. The van der Waals surface area contributed by atoms with Crippen molar-refractivity contribution in [2.24, 2.45) is 5.73 Å². The van der Waals surface area contributed by atoms with Crippen LogP contribution in [-0.4, -0.2) is 37.7 Å². The third-order valence-electron chi connectivity index (χ3n) is 4.38. The van der Waals surface area contributed by atoms with Crippen LogP contribution in [-0.2, 0) is 0 Å². The number of hydrogen-bond donors (Lipinski definition) is 1. The molecule has 0 aliphatic carbocycles. The van der Waals surface area contributed by atoms with Crippen LogP contribution >= 0.6 is 0 Å². The lowest BCUT2D eigenvalue weighted by Crippen LogP contribution is -2.34. The normalized spacial score (nSPS) is 17.0. The summed E-state index contributed by atoms with van der Waals surface area (Å²) in [5, 5.41) is 0. The number of rotatable bonds is 8. The van der Waals surface area contributed by atoms with E-state index < -0.39 is 0 Å². The van der Waals surface area contributed by atoms with Crippen molar-refractivity contribution >= 4 is 0 Å². The zero-order valence-corrected chi connectivity index (χ0v) is 13.4. The van der Waals surface area contributed by atoms with E-state index in [1.54, 1.807) is 0 Å². The predicted molar refractivity (Wildman–Crippen MR) is 88.9 cm³/mol. The second-order valence-corrected chi connectivity index (χ2v) is 6.00. The highest BCUT2D eigenvalue weighted by molar-refractivity contribution is 5.36. The average Bonchev–Trinajstić information content (AvgIpc) is 2.54. The van der Waals surface area contributed by atoms with Crippen molar-refractivity contribution in [3.63, 3.8) is 0 Å². The van der Waals surface area contributed by atoms with E-state index in [0.29, 0.717) is 5.92 Å². The van der Waals surface area contributed by atoms with Crippen LogP contribution < -0.4 is 10.5 Å². The molecule has 3 nitrogen and oxygen atoms in total. The maximum Gasteiger partial charge on any atom is 0.122 e. The fraction of sp³-hybridized carbons (Fsp3) is 0.667. The van der Waals surface area contributed by atoms with Crippen molar-refractivity contribution in [3.8, 4) is 5.75 Å². The lowest BCUT2D eigenvalue weighted by atomic mass is 9.89. The van der Waals surface area contributed by atoms with Gasteiger partial charge in [0.15, 0.2) is 0 Å². The minimum atomic E-state index is 0.650. The van der Waals surface area contributed by atoms with Gasteiger partial charge in [0.1, 0.15) is 5.75 Å². The molecule has 0 saturated carbocycles. The van der Waals surface area contributed by atoms with Crippen LogP contribution in [0.4, 0.5) is 0 Å². The molecule has 0 radical (unpaired) electrons. The van der Waals surface area contributed by atoms with Crippen molar-refractivity contribution in [3.05, 3.63) is 29.8 Å². The molecule has 0 unspecified atom stereocenters. The second-order valence-electron chi connectivity index (χ2n) is 6.00. The molecule has 1 aromatic rings.